The van der Waals surface area contributed by atoms with Crippen molar-refractivity contribution in [3.05, 3.63) is 23.8 Å². The highest BCUT2D eigenvalue weighted by atomic mass is 16.5. The van der Waals surface area contributed by atoms with E-state index in [1.807, 2.05) is 0 Å². The molecule has 1 aromatic carbocycles. The molecule has 1 atom stereocenters. The molecule has 0 radical (unpaired) electrons. The van der Waals surface area contributed by atoms with E-state index in [0.717, 1.165) is 5.56 Å². The Bertz CT molecular complexity index is 568. The van der Waals surface area contributed by atoms with Gasteiger partial charge in [-0.05, 0) is 38.5 Å². The van der Waals surface area contributed by atoms with Crippen LogP contribution in [0.25, 0.3) is 0 Å². The zero-order valence-corrected chi connectivity index (χ0v) is 11.7. The molecule has 2 rings (SSSR count). The van der Waals surface area contributed by atoms with Crippen LogP contribution < -0.4 is 15.4 Å². The summed E-state index contributed by atoms with van der Waals surface area (Å²) in [6.45, 7) is 5.06. The molecule has 0 saturated heterocycles. The zero-order chi connectivity index (χ0) is 15.1. The first-order valence-electron chi connectivity index (χ1n) is 6.36. The third-order valence-corrected chi connectivity index (χ3v) is 3.36. The lowest BCUT2D eigenvalue weighted by molar-refractivity contribution is -0.142. The van der Waals surface area contributed by atoms with Crippen molar-refractivity contribution in [2.75, 3.05) is 4.90 Å². The highest BCUT2D eigenvalue weighted by molar-refractivity contribution is 6.06. The molecule has 0 fully saturated rings. The Hall–Kier alpha value is -2.08. The molecule has 0 bridgehead atoms. The van der Waals surface area contributed by atoms with Crippen LogP contribution in [0.4, 0.5) is 5.69 Å². The normalized spacial score (nSPS) is 18.2. The molecule has 1 aliphatic heterocycles. The zero-order valence-electron chi connectivity index (χ0n) is 11.7. The van der Waals surface area contributed by atoms with Gasteiger partial charge in [0.15, 0.2) is 5.60 Å². The number of hydrogen-bond acceptors (Lipinski definition) is 4. The predicted molar refractivity (Wildman–Crippen MR) is 73.6 cm³/mol. The average Bonchev–Trinajstić information content (AvgIpc) is 2.38. The van der Waals surface area contributed by atoms with Gasteiger partial charge in [0.1, 0.15) is 11.8 Å². The lowest BCUT2D eigenvalue weighted by atomic mass is 10.0. The number of carboxylic acids is 1. The number of fused-ring (bicyclic) bond motifs is 1. The number of nitrogens with zero attached hydrogens (tertiary/aromatic N) is 1. The van der Waals surface area contributed by atoms with Crippen LogP contribution in [-0.2, 0) is 16.1 Å². The van der Waals surface area contributed by atoms with E-state index in [2.05, 4.69) is 0 Å². The third-order valence-electron chi connectivity index (χ3n) is 3.36. The topological polar surface area (TPSA) is 92.9 Å². The van der Waals surface area contributed by atoms with Crippen molar-refractivity contribution < 1.29 is 19.4 Å². The quantitative estimate of drug-likeness (QED) is 0.864. The summed E-state index contributed by atoms with van der Waals surface area (Å²) in [5.74, 6) is -0.962. The SMILES string of the molecule is CC(C(=O)O)N1C(=O)C(C)(C)Oc2cc(CN)ccc21. The van der Waals surface area contributed by atoms with Crippen LogP contribution in [0.15, 0.2) is 18.2 Å². The van der Waals surface area contributed by atoms with Crippen molar-refractivity contribution in [1.82, 2.24) is 0 Å². The van der Waals surface area contributed by atoms with Crippen LogP contribution in [-0.4, -0.2) is 28.6 Å². The Kier molecular flexibility index (Phi) is 3.43. The third kappa shape index (κ3) is 2.22. The fourth-order valence-corrected chi connectivity index (χ4v) is 2.18. The Morgan fingerprint density at radius 3 is 2.70 bits per heavy atom. The van der Waals surface area contributed by atoms with Gasteiger partial charge in [0.05, 0.1) is 5.69 Å². The summed E-state index contributed by atoms with van der Waals surface area (Å²) >= 11 is 0. The molecule has 3 N–H and O–H groups in total. The molecule has 108 valence electrons. The summed E-state index contributed by atoms with van der Waals surface area (Å²) in [6.07, 6.45) is 0. The molecule has 0 aromatic heterocycles. The first-order chi connectivity index (χ1) is 9.27. The van der Waals surface area contributed by atoms with Crippen molar-refractivity contribution in [1.29, 1.82) is 0 Å². The molecule has 6 heteroatoms. The van der Waals surface area contributed by atoms with Crippen LogP contribution in [0.2, 0.25) is 0 Å². The number of carbonyl (C=O) groups is 2. The molecular weight excluding hydrogens is 260 g/mol. The molecule has 1 aliphatic rings. The molecule has 1 amide bonds. The molecule has 20 heavy (non-hydrogen) atoms. The molecular formula is C14H18N2O4. The maximum atomic E-state index is 12.4. The molecule has 1 aromatic rings. The summed E-state index contributed by atoms with van der Waals surface area (Å²) in [7, 11) is 0. The number of anilines is 1. The Morgan fingerprint density at radius 1 is 1.50 bits per heavy atom. The lowest BCUT2D eigenvalue weighted by Gasteiger charge is -2.40. The number of ether oxygens (including phenoxy) is 1. The summed E-state index contributed by atoms with van der Waals surface area (Å²) in [5, 5.41) is 9.19. The van der Waals surface area contributed by atoms with Gasteiger partial charge < -0.3 is 15.6 Å². The Labute approximate surface area is 117 Å². The van der Waals surface area contributed by atoms with Gasteiger partial charge in [0, 0.05) is 6.54 Å². The minimum atomic E-state index is -1.11. The van der Waals surface area contributed by atoms with E-state index >= 15 is 0 Å². The van der Waals surface area contributed by atoms with Gasteiger partial charge in [-0.3, -0.25) is 9.69 Å². The van der Waals surface area contributed by atoms with E-state index in [-0.39, 0.29) is 5.91 Å². The van der Waals surface area contributed by atoms with Gasteiger partial charge in [0.25, 0.3) is 5.91 Å². The van der Waals surface area contributed by atoms with Crippen LogP contribution in [0, 0.1) is 0 Å². The standard InChI is InChI=1S/C14H18N2O4/c1-8(12(17)18)16-10-5-4-9(7-15)6-11(10)20-14(2,3)13(16)19/h4-6,8H,7,15H2,1-3H3,(H,17,18). The van der Waals surface area contributed by atoms with Crippen molar-refractivity contribution in [3.8, 4) is 5.75 Å². The molecule has 6 nitrogen and oxygen atoms in total. The number of benzene rings is 1. The fraction of sp³-hybridized carbons (Fsp3) is 0.429. The monoisotopic (exact) mass is 278 g/mol. The van der Waals surface area contributed by atoms with Gasteiger partial charge in [0.2, 0.25) is 0 Å². The highest BCUT2D eigenvalue weighted by Crippen LogP contribution is 2.39. The summed E-state index contributed by atoms with van der Waals surface area (Å²) < 4.78 is 5.69. The minimum absolute atomic E-state index is 0.347. The Balaban J connectivity index is 2.57. The number of aliphatic carboxylic acids is 1. The van der Waals surface area contributed by atoms with Crippen molar-refractivity contribution >= 4 is 17.6 Å². The van der Waals surface area contributed by atoms with Gasteiger partial charge >= 0.3 is 5.97 Å². The number of amides is 1. The lowest BCUT2D eigenvalue weighted by Crippen LogP contribution is -2.57. The maximum Gasteiger partial charge on any atom is 0.326 e. The van der Waals surface area contributed by atoms with Crippen molar-refractivity contribution in [2.24, 2.45) is 5.73 Å². The van der Waals surface area contributed by atoms with Crippen LogP contribution in [0.1, 0.15) is 26.3 Å². The molecule has 0 spiro atoms. The van der Waals surface area contributed by atoms with Crippen LogP contribution >= 0.6 is 0 Å². The summed E-state index contributed by atoms with van der Waals surface area (Å²) in [4.78, 5) is 24.9. The highest BCUT2D eigenvalue weighted by Gasteiger charge is 2.44. The minimum Gasteiger partial charge on any atom is -0.480 e. The maximum absolute atomic E-state index is 12.4. The summed E-state index contributed by atoms with van der Waals surface area (Å²) in [5.41, 5.74) is 5.80. The molecule has 1 unspecified atom stereocenters. The van der Waals surface area contributed by atoms with Gasteiger partial charge in [-0.1, -0.05) is 6.07 Å². The van der Waals surface area contributed by atoms with Crippen LogP contribution in [0.3, 0.4) is 0 Å². The van der Waals surface area contributed by atoms with E-state index in [0.29, 0.717) is 18.0 Å². The van der Waals surface area contributed by atoms with E-state index in [1.54, 1.807) is 32.0 Å². The molecule has 0 aliphatic carbocycles. The first kappa shape index (κ1) is 14.3. The van der Waals surface area contributed by atoms with Crippen molar-refractivity contribution in [2.45, 2.75) is 39.0 Å². The Morgan fingerprint density at radius 2 is 2.15 bits per heavy atom. The number of rotatable bonds is 3. The first-order valence-corrected chi connectivity index (χ1v) is 6.36. The number of nitrogens with two attached hydrogens (primary N) is 1. The van der Waals surface area contributed by atoms with E-state index in [1.165, 1.54) is 11.8 Å². The predicted octanol–water partition coefficient (Wildman–Crippen LogP) is 1.12. The second kappa shape index (κ2) is 4.79. The molecule has 1 heterocycles. The van der Waals surface area contributed by atoms with Gasteiger partial charge in [-0.25, -0.2) is 4.79 Å². The fourth-order valence-electron chi connectivity index (χ4n) is 2.18. The number of hydrogen-bond donors (Lipinski definition) is 2. The second-order valence-corrected chi connectivity index (χ2v) is 5.31. The molecule has 0 saturated carbocycles. The second-order valence-electron chi connectivity index (χ2n) is 5.31. The van der Waals surface area contributed by atoms with E-state index < -0.39 is 17.6 Å². The average molecular weight is 278 g/mol. The van der Waals surface area contributed by atoms with Crippen LogP contribution in [0.5, 0.6) is 5.75 Å². The summed E-state index contributed by atoms with van der Waals surface area (Å²) in [6, 6.07) is 4.21. The number of carbonyl (C=O) groups excluding carboxylic acids is 1. The van der Waals surface area contributed by atoms with Crippen molar-refractivity contribution in [3.63, 3.8) is 0 Å². The number of carboxylic acid groups (broad SMARTS) is 1. The van der Waals surface area contributed by atoms with E-state index in [9.17, 15) is 14.7 Å². The van der Waals surface area contributed by atoms with E-state index in [4.69, 9.17) is 10.5 Å². The smallest absolute Gasteiger partial charge is 0.326 e. The largest absolute Gasteiger partial charge is 0.480 e. The van der Waals surface area contributed by atoms with Gasteiger partial charge in [-0.2, -0.15) is 0 Å². The van der Waals surface area contributed by atoms with Gasteiger partial charge in [-0.15, -0.1) is 0 Å².